The number of aliphatic hydroxyl groups excluding tert-OH is 1. The fourth-order valence-electron chi connectivity index (χ4n) is 7.98. The molecule has 7 atom stereocenters. The number of hydrogen-bond acceptors (Lipinski definition) is 6. The molecule has 0 amide bonds. The number of ether oxygens (including phenoxy) is 2. The molecule has 50 heavy (non-hydrogen) atoms. The molecule has 0 spiro atoms. The molecule has 0 heterocycles. The third kappa shape index (κ3) is 9.94. The van der Waals surface area contributed by atoms with Crippen molar-refractivity contribution >= 4 is 22.8 Å². The van der Waals surface area contributed by atoms with Crippen molar-refractivity contribution in [2.75, 3.05) is 6.61 Å². The number of allylic oxidation sites excluding steroid dienone is 4. The maximum absolute atomic E-state index is 11.9. The van der Waals surface area contributed by atoms with Gasteiger partial charge in [-0.25, -0.2) is 4.79 Å². The lowest BCUT2D eigenvalue weighted by atomic mass is 9.61. The van der Waals surface area contributed by atoms with E-state index in [0.717, 1.165) is 31.3 Å². The zero-order chi connectivity index (χ0) is 38.1. The van der Waals surface area contributed by atoms with Crippen LogP contribution < -0.4 is 0 Å². The van der Waals surface area contributed by atoms with Crippen LogP contribution in [-0.4, -0.2) is 58.4 Å². The summed E-state index contributed by atoms with van der Waals surface area (Å²) in [6, 6.07) is 0. The smallest absolute Gasteiger partial charge is 0.435 e. The van der Waals surface area contributed by atoms with Gasteiger partial charge >= 0.3 is 6.16 Å². The molecule has 3 saturated carbocycles. The average Bonchev–Trinajstić information content (AvgIpc) is 3.32. The summed E-state index contributed by atoms with van der Waals surface area (Å²) in [5.74, 6) is 1.34. The second-order valence-corrected chi connectivity index (χ2v) is 29.0. The van der Waals surface area contributed by atoms with E-state index < -0.39 is 34.5 Å². The fraction of sp³-hybridized carbons (Fsp3) is 0.786. The summed E-state index contributed by atoms with van der Waals surface area (Å²) in [6.45, 7) is 38.2. The van der Waals surface area contributed by atoms with Gasteiger partial charge in [-0.3, -0.25) is 0 Å². The zero-order valence-electron chi connectivity index (χ0n) is 34.6. The Bertz CT molecular complexity index is 1300. The number of carbonyl (C=O) groups excluding carboxylic acids is 1. The first-order chi connectivity index (χ1) is 22.8. The van der Waals surface area contributed by atoms with E-state index >= 15 is 0 Å². The molecule has 6 nitrogen and oxygen atoms in total. The first-order valence-electron chi connectivity index (χ1n) is 19.4. The normalized spacial score (nSPS) is 30.1. The fourth-order valence-corrected chi connectivity index (χ4v) is 10.6. The summed E-state index contributed by atoms with van der Waals surface area (Å²) in [6.07, 6.45) is 14.8. The molecule has 3 aliphatic rings. The maximum Gasteiger partial charge on any atom is 0.508 e. The lowest BCUT2D eigenvalue weighted by Crippen LogP contribution is -2.49. The molecule has 0 aromatic heterocycles. The van der Waals surface area contributed by atoms with Gasteiger partial charge in [-0.05, 0) is 130 Å². The van der Waals surface area contributed by atoms with Gasteiger partial charge in [-0.15, -0.1) is 0 Å². The molecule has 0 saturated heterocycles. The largest absolute Gasteiger partial charge is 0.508 e. The summed E-state index contributed by atoms with van der Waals surface area (Å²) in [5, 5.41) is 11.2. The Labute approximate surface area is 308 Å². The van der Waals surface area contributed by atoms with Crippen molar-refractivity contribution in [1.82, 2.24) is 0 Å². The second kappa shape index (κ2) is 15.9. The Morgan fingerprint density at radius 2 is 1.58 bits per heavy atom. The van der Waals surface area contributed by atoms with E-state index in [9.17, 15) is 9.90 Å². The Balaban J connectivity index is 1.85. The lowest BCUT2D eigenvalue weighted by Gasteiger charge is -2.45. The van der Waals surface area contributed by atoms with Gasteiger partial charge in [0.15, 0.2) is 16.6 Å². The van der Waals surface area contributed by atoms with E-state index in [1.54, 1.807) is 26.3 Å². The number of fused-ring (bicyclic) bond motifs is 1. The molecule has 0 aromatic rings. The molecule has 286 valence electrons. The predicted molar refractivity (Wildman–Crippen MR) is 213 cm³/mol. The topological polar surface area (TPSA) is 74.2 Å². The van der Waals surface area contributed by atoms with Crippen LogP contribution >= 0.6 is 0 Å². The Morgan fingerprint density at radius 1 is 0.980 bits per heavy atom. The van der Waals surface area contributed by atoms with E-state index in [2.05, 4.69) is 106 Å². The summed E-state index contributed by atoms with van der Waals surface area (Å²) < 4.78 is 24.5. The van der Waals surface area contributed by atoms with E-state index in [-0.39, 0.29) is 40.2 Å². The van der Waals surface area contributed by atoms with Gasteiger partial charge in [0.1, 0.15) is 11.7 Å². The molecule has 3 fully saturated rings. The van der Waals surface area contributed by atoms with E-state index in [4.69, 9.17) is 18.3 Å². The highest BCUT2D eigenvalue weighted by Crippen LogP contribution is 2.59. The first kappa shape index (κ1) is 43.0. The van der Waals surface area contributed by atoms with Crippen LogP contribution in [0.15, 0.2) is 47.6 Å². The minimum absolute atomic E-state index is 0.0211. The van der Waals surface area contributed by atoms with Gasteiger partial charge < -0.3 is 23.4 Å². The second-order valence-electron chi connectivity index (χ2n) is 19.4. The summed E-state index contributed by atoms with van der Waals surface area (Å²) >= 11 is 0. The number of rotatable bonds is 11. The molecule has 0 bridgehead atoms. The average molecular weight is 731 g/mol. The van der Waals surface area contributed by atoms with Crippen LogP contribution in [0.3, 0.4) is 0 Å². The predicted octanol–water partition coefficient (Wildman–Crippen LogP) is 11.7. The molecule has 3 rings (SSSR count). The van der Waals surface area contributed by atoms with Crippen LogP contribution in [-0.2, 0) is 18.3 Å². The third-order valence-corrected chi connectivity index (χ3v) is 22.3. The van der Waals surface area contributed by atoms with Gasteiger partial charge in [0.05, 0.1) is 18.8 Å². The molecular weight excluding hydrogens is 657 g/mol. The molecule has 0 radical (unpaired) electrons. The minimum atomic E-state index is -2.02. The Morgan fingerprint density at radius 3 is 2.16 bits per heavy atom. The van der Waals surface area contributed by atoms with Gasteiger partial charge in [0.2, 0.25) is 0 Å². The van der Waals surface area contributed by atoms with Crippen LogP contribution in [0, 0.1) is 23.2 Å². The SMILES string of the molecule is C=C1/C(=C/C=C2\CCC[C@]3(C)[C@@H]([C@H](C)/C=C/[C@H](O)C(C)(C)OC(=O)OCC)CC[C@@H]23)C[C@@H](O[Si](C)(C)C(C)(C)C)C[C@@H]1O[Si](C)(C)C(C)(C)C. The molecule has 3 aliphatic carbocycles. The molecular formula is C42H74O6Si2. The molecule has 0 aliphatic heterocycles. The van der Waals surface area contributed by atoms with Crippen LogP contribution in [0.2, 0.25) is 36.3 Å². The minimum Gasteiger partial charge on any atom is -0.435 e. The van der Waals surface area contributed by atoms with E-state index in [1.165, 1.54) is 24.8 Å². The third-order valence-electron chi connectivity index (χ3n) is 13.3. The molecule has 1 N–H and O–H groups in total. The highest BCUT2D eigenvalue weighted by atomic mass is 28.4. The van der Waals surface area contributed by atoms with E-state index in [1.807, 2.05) is 6.08 Å². The number of carbonyl (C=O) groups is 1. The van der Waals surface area contributed by atoms with Crippen molar-refractivity contribution in [3.63, 3.8) is 0 Å². The van der Waals surface area contributed by atoms with Gasteiger partial charge in [-0.2, -0.15) is 0 Å². The highest BCUT2D eigenvalue weighted by molar-refractivity contribution is 6.74. The zero-order valence-corrected chi connectivity index (χ0v) is 36.6. The number of aliphatic hydroxyl groups is 1. The molecule has 8 heteroatoms. The van der Waals surface area contributed by atoms with Crippen molar-refractivity contribution in [1.29, 1.82) is 0 Å². The summed E-state index contributed by atoms with van der Waals surface area (Å²) in [5.41, 5.74) is 3.11. The Kier molecular flexibility index (Phi) is 13.6. The van der Waals surface area contributed by atoms with Gasteiger partial charge in [-0.1, -0.05) is 91.8 Å². The monoisotopic (exact) mass is 731 g/mol. The molecule has 0 unspecified atom stereocenters. The van der Waals surface area contributed by atoms with Crippen LogP contribution in [0.4, 0.5) is 4.79 Å². The van der Waals surface area contributed by atoms with Crippen molar-refractivity contribution in [3.8, 4) is 0 Å². The van der Waals surface area contributed by atoms with E-state index in [0.29, 0.717) is 11.8 Å². The summed E-state index contributed by atoms with van der Waals surface area (Å²) in [4.78, 5) is 11.9. The molecule has 0 aromatic carbocycles. The quantitative estimate of drug-likeness (QED) is 0.130. The van der Waals surface area contributed by atoms with Gasteiger partial charge in [0, 0.05) is 6.42 Å². The Hall–Kier alpha value is -1.46. The van der Waals surface area contributed by atoms with Crippen molar-refractivity contribution < 1.29 is 28.2 Å². The standard InChI is InChI=1S/C42H74O6Si2/c1-17-45-38(44)46-41(10,11)37(43)25-20-29(2)34-23-24-35-31(19-18-26-42(34,35)12)21-22-32-27-33(47-49(13,14)39(4,5)6)28-36(30(32)3)48-50(15,16)40(7,8)9/h20-22,25,29,33-37,43H,3,17-19,23-24,26-28H2,1-2,4-16H3/b25-20+,31-21+,32-22+/t29-,33-,34-,35+,36+,37+,42-/m1/s1. The number of hydrogen-bond donors (Lipinski definition) is 1. The van der Waals surface area contributed by atoms with Crippen molar-refractivity contribution in [3.05, 3.63) is 47.6 Å². The van der Waals surface area contributed by atoms with Crippen LogP contribution in [0.1, 0.15) is 121 Å². The van der Waals surface area contributed by atoms with Crippen molar-refractivity contribution in [2.45, 2.75) is 181 Å². The van der Waals surface area contributed by atoms with Gasteiger partial charge in [0.25, 0.3) is 0 Å². The summed E-state index contributed by atoms with van der Waals surface area (Å²) in [7, 11) is -3.99. The van der Waals surface area contributed by atoms with Crippen LogP contribution in [0.25, 0.3) is 0 Å². The highest BCUT2D eigenvalue weighted by Gasteiger charge is 2.50. The maximum atomic E-state index is 11.9. The lowest BCUT2D eigenvalue weighted by molar-refractivity contribution is -0.0658. The van der Waals surface area contributed by atoms with Crippen LogP contribution in [0.5, 0.6) is 0 Å². The first-order valence-corrected chi connectivity index (χ1v) is 25.2. The van der Waals surface area contributed by atoms with Crippen molar-refractivity contribution in [2.24, 2.45) is 23.2 Å².